The molecule has 4 saturated heterocycles. The maximum Gasteiger partial charge on any atom is 0.246 e. The molecule has 4 fully saturated rings. The van der Waals surface area contributed by atoms with Crippen LogP contribution in [0.25, 0.3) is 0 Å². The number of carbonyl (C=O) groups excluding carboxylic acids is 2. The minimum atomic E-state index is -3.68. The van der Waals surface area contributed by atoms with Crippen LogP contribution in [0.5, 0.6) is 23.0 Å². The van der Waals surface area contributed by atoms with Crippen LogP contribution in [0.2, 0.25) is 0 Å². The molecule has 0 aliphatic carbocycles. The van der Waals surface area contributed by atoms with E-state index in [1.54, 1.807) is 66.7 Å². The number of hydrogen-bond acceptors (Lipinski definition) is 11. The lowest BCUT2D eigenvalue weighted by molar-refractivity contribution is -0.121. The van der Waals surface area contributed by atoms with Crippen molar-refractivity contribution in [2.75, 3.05) is 52.4 Å². The zero-order valence-corrected chi connectivity index (χ0v) is 32.8. The first kappa shape index (κ1) is 41.2. The van der Waals surface area contributed by atoms with Crippen LogP contribution in [0.1, 0.15) is 38.5 Å². The fourth-order valence-corrected chi connectivity index (χ4v) is 9.78. The van der Waals surface area contributed by atoms with Gasteiger partial charge in [0.05, 0.1) is 6.61 Å². The Morgan fingerprint density at radius 3 is 1.39 bits per heavy atom. The molecular formula is C41H48N4O9S2. The number of piperidine rings is 3. The van der Waals surface area contributed by atoms with Gasteiger partial charge in [0.2, 0.25) is 20.0 Å². The van der Waals surface area contributed by atoms with Crippen molar-refractivity contribution >= 4 is 31.6 Å². The molecule has 0 bridgehead atoms. The monoisotopic (exact) mass is 804 g/mol. The first-order valence-corrected chi connectivity index (χ1v) is 21.7. The minimum absolute atomic E-state index is 0.102. The summed E-state index contributed by atoms with van der Waals surface area (Å²) in [4.78, 5) is 22.1. The van der Waals surface area contributed by atoms with Gasteiger partial charge in [0.25, 0.3) is 0 Å². The minimum Gasteiger partial charge on any atom is -0.456 e. The third-order valence-electron chi connectivity index (χ3n) is 9.77. The molecule has 1 spiro atoms. The van der Waals surface area contributed by atoms with Crippen LogP contribution in [0.15, 0.2) is 119 Å². The Balaban J connectivity index is 0.000000163. The van der Waals surface area contributed by atoms with Gasteiger partial charge < -0.3 is 19.5 Å². The number of carbonyl (C=O) groups is 2. The molecule has 0 atom stereocenters. The van der Waals surface area contributed by atoms with Crippen molar-refractivity contribution in [3.05, 3.63) is 109 Å². The summed E-state index contributed by atoms with van der Waals surface area (Å²) >= 11 is 0. The highest BCUT2D eigenvalue weighted by Gasteiger charge is 2.42. The third kappa shape index (κ3) is 10.7. The van der Waals surface area contributed by atoms with E-state index in [0.717, 1.165) is 32.5 Å². The smallest absolute Gasteiger partial charge is 0.246 e. The Morgan fingerprint density at radius 2 is 0.964 bits per heavy atom. The predicted octanol–water partition coefficient (Wildman–Crippen LogP) is 5.35. The Hall–Kier alpha value is -4.48. The molecule has 0 unspecified atom stereocenters. The second-order valence-electron chi connectivity index (χ2n) is 13.6. The SMILES string of the molecule is O=C1CCN(S(=O)(=O)c2ccccc2Oc2ccccc2)CC1.O=C1CCNCC1.O=S(=O)(c1ccccc1Oc1ccccc1)N1CCC2(CC1)NCCO2. The summed E-state index contributed by atoms with van der Waals surface area (Å²) in [5.74, 6) is 2.31. The number of ketones is 2. The highest BCUT2D eigenvalue weighted by Crippen LogP contribution is 2.35. The molecule has 4 aromatic carbocycles. The Morgan fingerprint density at radius 1 is 0.536 bits per heavy atom. The highest BCUT2D eigenvalue weighted by molar-refractivity contribution is 7.89. The predicted molar refractivity (Wildman–Crippen MR) is 211 cm³/mol. The number of ether oxygens (including phenoxy) is 3. The Labute approximate surface area is 329 Å². The number of rotatable bonds is 8. The Kier molecular flexibility index (Phi) is 14.0. The fraction of sp³-hybridized carbons (Fsp3) is 0.366. The number of Topliss-reactive ketones (excluding diaryl/α,β-unsaturated/α-hetero) is 2. The van der Waals surface area contributed by atoms with E-state index < -0.39 is 20.0 Å². The van der Waals surface area contributed by atoms with Gasteiger partial charge in [-0.3, -0.25) is 14.9 Å². The van der Waals surface area contributed by atoms with Crippen molar-refractivity contribution < 1.29 is 40.6 Å². The van der Waals surface area contributed by atoms with Gasteiger partial charge >= 0.3 is 0 Å². The number of nitrogens with zero attached hydrogens (tertiary/aromatic N) is 2. The van der Waals surface area contributed by atoms with E-state index in [1.807, 2.05) is 36.4 Å². The zero-order valence-electron chi connectivity index (χ0n) is 31.2. The number of para-hydroxylation sites is 4. The molecule has 4 aliphatic rings. The van der Waals surface area contributed by atoms with E-state index in [1.165, 1.54) is 14.7 Å². The van der Waals surface area contributed by atoms with Crippen LogP contribution >= 0.6 is 0 Å². The van der Waals surface area contributed by atoms with Gasteiger partial charge in [0, 0.05) is 84.3 Å². The topological polar surface area (TPSA) is 161 Å². The largest absolute Gasteiger partial charge is 0.456 e. The van der Waals surface area contributed by atoms with Crippen molar-refractivity contribution in [1.82, 2.24) is 19.2 Å². The van der Waals surface area contributed by atoms with Crippen molar-refractivity contribution in [3.8, 4) is 23.0 Å². The van der Waals surface area contributed by atoms with Gasteiger partial charge in [0.1, 0.15) is 50.1 Å². The van der Waals surface area contributed by atoms with Crippen LogP contribution in [0.3, 0.4) is 0 Å². The molecule has 8 rings (SSSR count). The molecular weight excluding hydrogens is 757 g/mol. The molecule has 56 heavy (non-hydrogen) atoms. The van der Waals surface area contributed by atoms with E-state index in [-0.39, 0.29) is 53.0 Å². The molecule has 15 heteroatoms. The van der Waals surface area contributed by atoms with E-state index in [0.29, 0.717) is 55.6 Å². The van der Waals surface area contributed by atoms with Crippen LogP contribution in [-0.2, 0) is 34.4 Å². The fourth-order valence-electron chi connectivity index (χ4n) is 6.67. The van der Waals surface area contributed by atoms with E-state index in [9.17, 15) is 26.4 Å². The molecule has 13 nitrogen and oxygen atoms in total. The standard InChI is InChI=1S/C19H22N2O4S.C17H17NO4S.C5H9NO/c22-26(23,21-13-10-19(11-14-21)20-12-15-24-19)18-9-5-4-8-17(18)25-16-6-2-1-3-7-16;19-14-10-12-18(13-11-14)23(20,21)17-9-5-4-8-16(17)22-15-6-2-1-3-7-15;7-5-1-3-6-4-2-5/h1-9,20H,10-15H2;1-9H,10-13H2;6H,1-4H2. The maximum atomic E-state index is 13.2. The molecule has 298 valence electrons. The molecule has 0 saturated carbocycles. The maximum absolute atomic E-state index is 13.2. The summed E-state index contributed by atoms with van der Waals surface area (Å²) in [7, 11) is -7.31. The number of nitrogens with one attached hydrogen (secondary N) is 2. The molecule has 0 aromatic heterocycles. The average molecular weight is 805 g/mol. The summed E-state index contributed by atoms with van der Waals surface area (Å²) in [6.07, 6.45) is 3.30. The van der Waals surface area contributed by atoms with Gasteiger partial charge in [-0.05, 0) is 48.5 Å². The lowest BCUT2D eigenvalue weighted by atomic mass is 10.0. The number of hydrogen-bond donors (Lipinski definition) is 2. The van der Waals surface area contributed by atoms with E-state index >= 15 is 0 Å². The number of benzene rings is 4. The Bertz CT molecular complexity index is 2120. The second-order valence-corrected chi connectivity index (χ2v) is 17.4. The van der Waals surface area contributed by atoms with Gasteiger partial charge in [-0.25, -0.2) is 16.8 Å². The average Bonchev–Trinajstić information content (AvgIpc) is 3.67. The van der Waals surface area contributed by atoms with Crippen molar-refractivity contribution in [2.45, 2.75) is 54.0 Å². The molecule has 4 aliphatic heterocycles. The van der Waals surface area contributed by atoms with Crippen molar-refractivity contribution in [2.24, 2.45) is 0 Å². The van der Waals surface area contributed by atoms with Gasteiger partial charge in [-0.1, -0.05) is 60.7 Å². The number of sulfonamides is 2. The summed E-state index contributed by atoms with van der Waals surface area (Å²) in [6, 6.07) is 31.6. The first-order valence-electron chi connectivity index (χ1n) is 18.8. The molecule has 4 heterocycles. The van der Waals surface area contributed by atoms with E-state index in [4.69, 9.17) is 14.2 Å². The molecule has 2 N–H and O–H groups in total. The summed E-state index contributed by atoms with van der Waals surface area (Å²) in [5, 5.41) is 6.45. The zero-order chi connectivity index (χ0) is 39.4. The van der Waals surface area contributed by atoms with Crippen molar-refractivity contribution in [1.29, 1.82) is 0 Å². The lowest BCUT2D eigenvalue weighted by Crippen LogP contribution is -2.52. The third-order valence-corrected chi connectivity index (χ3v) is 13.7. The summed E-state index contributed by atoms with van der Waals surface area (Å²) in [6.45, 7) is 4.57. The van der Waals surface area contributed by atoms with Gasteiger partial charge in [-0.15, -0.1) is 0 Å². The first-order chi connectivity index (χ1) is 27.1. The van der Waals surface area contributed by atoms with E-state index in [2.05, 4.69) is 10.6 Å². The summed E-state index contributed by atoms with van der Waals surface area (Å²) < 4.78 is 72.3. The normalized spacial score (nSPS) is 18.9. The molecule has 0 amide bonds. The quantitative estimate of drug-likeness (QED) is 0.236. The van der Waals surface area contributed by atoms with Crippen LogP contribution in [-0.4, -0.2) is 95.2 Å². The van der Waals surface area contributed by atoms with Crippen LogP contribution in [0, 0.1) is 0 Å². The molecule has 4 aromatic rings. The van der Waals surface area contributed by atoms with Crippen LogP contribution < -0.4 is 20.1 Å². The lowest BCUT2D eigenvalue weighted by Gasteiger charge is -2.37. The molecule has 0 radical (unpaired) electrons. The van der Waals surface area contributed by atoms with Gasteiger partial charge in [-0.2, -0.15) is 8.61 Å². The second kappa shape index (κ2) is 19.1. The van der Waals surface area contributed by atoms with Crippen LogP contribution in [0.4, 0.5) is 0 Å². The van der Waals surface area contributed by atoms with Gasteiger partial charge in [0.15, 0.2) is 0 Å². The van der Waals surface area contributed by atoms with Crippen molar-refractivity contribution in [3.63, 3.8) is 0 Å². The highest BCUT2D eigenvalue weighted by atomic mass is 32.2. The summed E-state index contributed by atoms with van der Waals surface area (Å²) in [5.41, 5.74) is -0.355.